The molecule has 2 aliphatic heterocycles. The summed E-state index contributed by atoms with van der Waals surface area (Å²) in [4.78, 5) is 15.8. The second kappa shape index (κ2) is 6.94. The van der Waals surface area contributed by atoms with Gasteiger partial charge in [0.15, 0.2) is 0 Å². The average Bonchev–Trinajstić information content (AvgIpc) is 3.04. The maximum atomic E-state index is 6.20. The molecule has 3 aromatic rings. The second-order valence-corrected chi connectivity index (χ2v) is 7.46. The molecule has 0 N–H and O–H groups in total. The predicted molar refractivity (Wildman–Crippen MR) is 103 cm³/mol. The van der Waals surface area contributed by atoms with Gasteiger partial charge in [-0.2, -0.15) is 0 Å². The summed E-state index contributed by atoms with van der Waals surface area (Å²) in [5.41, 5.74) is 3.34. The van der Waals surface area contributed by atoms with Crippen molar-refractivity contribution in [2.45, 2.75) is 32.0 Å². The number of piperidine rings is 1. The van der Waals surface area contributed by atoms with Crippen LogP contribution in [-0.2, 0) is 18.0 Å². The summed E-state index contributed by atoms with van der Waals surface area (Å²) in [6.07, 6.45) is 7.60. The van der Waals surface area contributed by atoms with E-state index in [1.165, 1.54) is 0 Å². The van der Waals surface area contributed by atoms with Crippen molar-refractivity contribution < 1.29 is 4.74 Å². The highest BCUT2D eigenvalue weighted by molar-refractivity contribution is 6.30. The van der Waals surface area contributed by atoms with E-state index >= 15 is 0 Å². The van der Waals surface area contributed by atoms with Crippen LogP contribution < -0.4 is 4.90 Å². The van der Waals surface area contributed by atoms with Crippen molar-refractivity contribution >= 4 is 17.5 Å². The number of benzene rings is 1. The maximum absolute atomic E-state index is 6.20. The van der Waals surface area contributed by atoms with Gasteiger partial charge in [0.25, 0.3) is 0 Å². The minimum Gasteiger partial charge on any atom is -0.370 e. The van der Waals surface area contributed by atoms with E-state index in [0.717, 1.165) is 59.7 Å². The summed E-state index contributed by atoms with van der Waals surface area (Å²) in [7, 11) is 0. The molecule has 1 saturated heterocycles. The number of hydrogen-bond acceptors (Lipinski definition) is 5. The third kappa shape index (κ3) is 3.09. The Bertz CT molecular complexity index is 950. The number of imidazole rings is 1. The lowest BCUT2D eigenvalue weighted by molar-refractivity contribution is 0.108. The quantitative estimate of drug-likeness (QED) is 0.677. The van der Waals surface area contributed by atoms with Gasteiger partial charge in [-0.15, -0.1) is 0 Å². The van der Waals surface area contributed by atoms with Gasteiger partial charge in [-0.1, -0.05) is 11.6 Å². The van der Waals surface area contributed by atoms with Crippen molar-refractivity contribution in [2.24, 2.45) is 0 Å². The van der Waals surface area contributed by atoms with E-state index in [-0.39, 0.29) is 0 Å². The highest BCUT2D eigenvalue weighted by atomic mass is 35.5. The van der Waals surface area contributed by atoms with E-state index in [1.54, 1.807) is 12.4 Å². The van der Waals surface area contributed by atoms with Gasteiger partial charge in [-0.25, -0.2) is 15.0 Å². The number of aromatic nitrogens is 4. The van der Waals surface area contributed by atoms with Crippen molar-refractivity contribution in [1.29, 1.82) is 0 Å². The van der Waals surface area contributed by atoms with Crippen LogP contribution in [0.15, 0.2) is 42.9 Å². The number of rotatable bonds is 2. The first-order valence-corrected chi connectivity index (χ1v) is 9.62. The van der Waals surface area contributed by atoms with E-state index in [2.05, 4.69) is 25.5 Å². The predicted octanol–water partition coefficient (Wildman–Crippen LogP) is 3.73. The zero-order valence-corrected chi connectivity index (χ0v) is 15.6. The number of anilines is 1. The van der Waals surface area contributed by atoms with Crippen LogP contribution in [0.2, 0.25) is 5.02 Å². The highest BCUT2D eigenvalue weighted by Gasteiger charge is 2.28. The minimum atomic E-state index is 0.403. The van der Waals surface area contributed by atoms with Gasteiger partial charge in [0.1, 0.15) is 5.82 Å². The molecular weight excluding hydrogens is 362 g/mol. The molecule has 1 aromatic carbocycles. The van der Waals surface area contributed by atoms with Crippen LogP contribution in [0.25, 0.3) is 5.69 Å². The summed E-state index contributed by atoms with van der Waals surface area (Å²) in [6.45, 7) is 3.00. The molecule has 138 valence electrons. The van der Waals surface area contributed by atoms with Crippen molar-refractivity contribution in [2.75, 3.05) is 18.0 Å². The molecule has 2 aliphatic rings. The molecule has 0 spiro atoms. The van der Waals surface area contributed by atoms with Gasteiger partial charge in [0.2, 0.25) is 5.95 Å². The smallest absolute Gasteiger partial charge is 0.225 e. The Morgan fingerprint density at radius 3 is 2.67 bits per heavy atom. The fourth-order valence-corrected chi connectivity index (χ4v) is 4.21. The molecule has 4 heterocycles. The third-order valence-electron chi connectivity index (χ3n) is 5.35. The summed E-state index contributed by atoms with van der Waals surface area (Å²) >= 11 is 6.20. The Morgan fingerprint density at radius 2 is 1.85 bits per heavy atom. The first kappa shape index (κ1) is 16.7. The maximum Gasteiger partial charge on any atom is 0.225 e. The van der Waals surface area contributed by atoms with E-state index in [1.807, 2.05) is 24.4 Å². The molecule has 0 radical (unpaired) electrons. The van der Waals surface area contributed by atoms with Crippen LogP contribution >= 0.6 is 11.6 Å². The number of halogens is 1. The Labute approximate surface area is 162 Å². The molecule has 0 saturated carbocycles. The fraction of sp³-hybridized carbons (Fsp3) is 0.350. The monoisotopic (exact) mass is 381 g/mol. The summed E-state index contributed by atoms with van der Waals surface area (Å²) in [5.74, 6) is 2.33. The molecule has 7 heteroatoms. The van der Waals surface area contributed by atoms with E-state index in [9.17, 15) is 0 Å². The summed E-state index contributed by atoms with van der Waals surface area (Å²) in [5, 5.41) is 0.735. The standard InChI is InChI=1S/C20H20ClN5O/c21-16-2-3-18-15(10-16)12-27-13-17-11-24-19(26(17)18)14-4-8-25(9-5-14)20-22-6-1-7-23-20/h1-3,6-7,10-11,14H,4-5,8-9,12-13H2. The molecule has 5 rings (SSSR count). The third-order valence-corrected chi connectivity index (χ3v) is 5.58. The lowest BCUT2D eigenvalue weighted by atomic mass is 9.95. The lowest BCUT2D eigenvalue weighted by Crippen LogP contribution is -2.34. The summed E-state index contributed by atoms with van der Waals surface area (Å²) in [6, 6.07) is 7.86. The molecule has 2 aromatic heterocycles. The molecule has 0 bridgehead atoms. The van der Waals surface area contributed by atoms with Crippen molar-refractivity contribution in [3.63, 3.8) is 0 Å². The van der Waals surface area contributed by atoms with Crippen LogP contribution in [0.4, 0.5) is 5.95 Å². The van der Waals surface area contributed by atoms with Crippen molar-refractivity contribution in [1.82, 2.24) is 19.5 Å². The van der Waals surface area contributed by atoms with E-state index in [0.29, 0.717) is 19.1 Å². The van der Waals surface area contributed by atoms with E-state index < -0.39 is 0 Å². The van der Waals surface area contributed by atoms with Gasteiger partial charge in [0.05, 0.1) is 30.8 Å². The highest BCUT2D eigenvalue weighted by Crippen LogP contribution is 2.34. The number of ether oxygens (including phenoxy) is 1. The lowest BCUT2D eigenvalue weighted by Gasteiger charge is -2.32. The molecule has 1 fully saturated rings. The van der Waals surface area contributed by atoms with Gasteiger partial charge in [-0.3, -0.25) is 4.57 Å². The molecule has 0 atom stereocenters. The van der Waals surface area contributed by atoms with Gasteiger partial charge >= 0.3 is 0 Å². The topological polar surface area (TPSA) is 56.1 Å². The van der Waals surface area contributed by atoms with Crippen LogP contribution in [0.1, 0.15) is 35.8 Å². The normalized spacial score (nSPS) is 17.3. The second-order valence-electron chi connectivity index (χ2n) is 7.02. The van der Waals surface area contributed by atoms with Crippen LogP contribution in [0.3, 0.4) is 0 Å². The van der Waals surface area contributed by atoms with Gasteiger partial charge in [0, 0.05) is 42.0 Å². The van der Waals surface area contributed by atoms with Gasteiger partial charge in [-0.05, 0) is 37.1 Å². The van der Waals surface area contributed by atoms with Crippen LogP contribution in [-0.4, -0.2) is 32.6 Å². The Hall–Kier alpha value is -2.44. The zero-order chi connectivity index (χ0) is 18.2. The first-order chi connectivity index (χ1) is 13.3. The SMILES string of the molecule is Clc1ccc2c(c1)COCc1cnc(C3CCN(c4ncccn4)CC3)n1-2. The van der Waals surface area contributed by atoms with Crippen LogP contribution in [0, 0.1) is 0 Å². The number of hydrogen-bond donors (Lipinski definition) is 0. The fourth-order valence-electron chi connectivity index (χ4n) is 4.02. The summed E-state index contributed by atoms with van der Waals surface area (Å²) < 4.78 is 8.11. The van der Waals surface area contributed by atoms with Crippen molar-refractivity contribution in [3.05, 3.63) is 65.0 Å². The van der Waals surface area contributed by atoms with Crippen molar-refractivity contribution in [3.8, 4) is 5.69 Å². The first-order valence-electron chi connectivity index (χ1n) is 9.24. The van der Waals surface area contributed by atoms with Gasteiger partial charge < -0.3 is 9.64 Å². The number of nitrogens with zero attached hydrogens (tertiary/aromatic N) is 5. The minimum absolute atomic E-state index is 0.403. The molecule has 0 unspecified atom stereocenters. The largest absolute Gasteiger partial charge is 0.370 e. The molecular formula is C20H20ClN5O. The van der Waals surface area contributed by atoms with E-state index in [4.69, 9.17) is 21.3 Å². The zero-order valence-electron chi connectivity index (χ0n) is 14.9. The Balaban J connectivity index is 1.44. The molecule has 6 nitrogen and oxygen atoms in total. The number of fused-ring (bicyclic) bond motifs is 3. The Kier molecular flexibility index (Phi) is 4.30. The average molecular weight is 382 g/mol. The molecule has 0 aliphatic carbocycles. The molecule has 0 amide bonds. The Morgan fingerprint density at radius 1 is 1.04 bits per heavy atom. The molecule has 27 heavy (non-hydrogen) atoms. The van der Waals surface area contributed by atoms with Crippen LogP contribution in [0.5, 0.6) is 0 Å².